The second-order valence-electron chi connectivity index (χ2n) is 7.94. The van der Waals surface area contributed by atoms with E-state index >= 15 is 0 Å². The average molecular weight is 426 g/mol. The largest absolute Gasteiger partial charge is 0.497 e. The number of nitrogens with two attached hydrogens (primary N) is 1. The lowest BCUT2D eigenvalue weighted by Gasteiger charge is -2.31. The molecule has 0 spiro atoms. The summed E-state index contributed by atoms with van der Waals surface area (Å²) in [6.07, 6.45) is 4.20. The van der Waals surface area contributed by atoms with Gasteiger partial charge in [0, 0.05) is 6.07 Å². The molecule has 2 aromatic carbocycles. The maximum Gasteiger partial charge on any atom is 0.250 e. The van der Waals surface area contributed by atoms with Crippen LogP contribution in [0.15, 0.2) is 42.5 Å². The van der Waals surface area contributed by atoms with Crippen LogP contribution in [0.1, 0.15) is 35.2 Å². The van der Waals surface area contributed by atoms with Gasteiger partial charge in [0.05, 0.1) is 32.0 Å². The zero-order valence-corrected chi connectivity index (χ0v) is 18.2. The number of hydrogen-bond acceptors (Lipinski definition) is 5. The molecule has 1 fully saturated rings. The van der Waals surface area contributed by atoms with Crippen molar-refractivity contribution in [1.82, 2.24) is 4.90 Å². The smallest absolute Gasteiger partial charge is 0.250 e. The van der Waals surface area contributed by atoms with Crippen LogP contribution in [-0.4, -0.2) is 50.6 Å². The van der Waals surface area contributed by atoms with E-state index in [1.165, 1.54) is 5.56 Å². The van der Waals surface area contributed by atoms with Crippen molar-refractivity contribution in [1.29, 1.82) is 0 Å². The minimum atomic E-state index is -0.551. The van der Waals surface area contributed by atoms with Gasteiger partial charge in [-0.2, -0.15) is 0 Å². The molecule has 0 aliphatic carbocycles. The number of likely N-dealkylation sites (tertiary alicyclic amines) is 1. The summed E-state index contributed by atoms with van der Waals surface area (Å²) in [6, 6.07) is 12.8. The van der Waals surface area contributed by atoms with Gasteiger partial charge in [-0.3, -0.25) is 14.5 Å². The van der Waals surface area contributed by atoms with E-state index in [-0.39, 0.29) is 5.91 Å². The van der Waals surface area contributed by atoms with E-state index in [1.54, 1.807) is 38.5 Å². The van der Waals surface area contributed by atoms with E-state index in [4.69, 9.17) is 15.2 Å². The number of hydrogen-bond donors (Lipinski definition) is 2. The van der Waals surface area contributed by atoms with Gasteiger partial charge in [-0.15, -0.1) is 0 Å². The van der Waals surface area contributed by atoms with Crippen molar-refractivity contribution >= 4 is 17.5 Å². The molecule has 1 saturated heterocycles. The number of carbonyl (C=O) groups excluding carboxylic acids is 2. The van der Waals surface area contributed by atoms with Crippen LogP contribution in [0.4, 0.5) is 5.69 Å². The number of rotatable bonds is 9. The lowest BCUT2D eigenvalue weighted by Crippen LogP contribution is -2.39. The van der Waals surface area contributed by atoms with E-state index in [0.29, 0.717) is 23.7 Å². The highest BCUT2D eigenvalue weighted by molar-refractivity contribution is 6.03. The van der Waals surface area contributed by atoms with Crippen molar-refractivity contribution in [2.75, 3.05) is 39.2 Å². The molecule has 3 rings (SSSR count). The van der Waals surface area contributed by atoms with Gasteiger partial charge in [0.25, 0.3) is 5.91 Å². The molecular weight excluding hydrogens is 394 g/mol. The van der Waals surface area contributed by atoms with Crippen LogP contribution >= 0.6 is 0 Å². The molecule has 1 aliphatic rings. The molecule has 31 heavy (non-hydrogen) atoms. The minimum absolute atomic E-state index is 0.129. The van der Waals surface area contributed by atoms with Crippen LogP contribution in [0.5, 0.6) is 11.5 Å². The molecule has 166 valence electrons. The first-order chi connectivity index (χ1) is 15.0. The molecule has 2 amide bonds. The SMILES string of the molecule is COc1cc(CCC2CCN(CC(=O)Nc3ccccc3C(N)=O)CC2)cc(OC)c1. The molecule has 0 atom stereocenters. The lowest BCUT2D eigenvalue weighted by atomic mass is 9.90. The van der Waals surface area contributed by atoms with E-state index in [1.807, 2.05) is 6.07 Å². The summed E-state index contributed by atoms with van der Waals surface area (Å²) >= 11 is 0. The Balaban J connectivity index is 1.45. The van der Waals surface area contributed by atoms with Crippen molar-refractivity contribution in [3.63, 3.8) is 0 Å². The predicted molar refractivity (Wildman–Crippen MR) is 121 cm³/mol. The van der Waals surface area contributed by atoms with Gasteiger partial charge in [-0.25, -0.2) is 0 Å². The summed E-state index contributed by atoms with van der Waals surface area (Å²) in [5.74, 6) is 1.58. The molecule has 1 aliphatic heterocycles. The maximum absolute atomic E-state index is 12.4. The van der Waals surface area contributed by atoms with Crippen LogP contribution < -0.4 is 20.5 Å². The van der Waals surface area contributed by atoms with Gasteiger partial charge in [0.2, 0.25) is 5.91 Å². The molecule has 1 heterocycles. The molecule has 7 heteroatoms. The van der Waals surface area contributed by atoms with E-state index in [0.717, 1.165) is 50.3 Å². The second-order valence-corrected chi connectivity index (χ2v) is 7.94. The summed E-state index contributed by atoms with van der Waals surface area (Å²) in [5, 5.41) is 2.81. The monoisotopic (exact) mass is 425 g/mol. The van der Waals surface area contributed by atoms with Gasteiger partial charge in [-0.05, 0) is 74.5 Å². The summed E-state index contributed by atoms with van der Waals surface area (Å²) < 4.78 is 10.7. The Labute approximate surface area is 183 Å². The summed E-state index contributed by atoms with van der Waals surface area (Å²) in [6.45, 7) is 2.08. The number of benzene rings is 2. The number of aryl methyl sites for hydroxylation is 1. The third-order valence-electron chi connectivity index (χ3n) is 5.79. The average Bonchev–Trinajstić information content (AvgIpc) is 2.78. The Morgan fingerprint density at radius 2 is 1.71 bits per heavy atom. The highest BCUT2D eigenvalue weighted by Gasteiger charge is 2.21. The number of methoxy groups -OCH3 is 2. The number of nitrogens with one attached hydrogen (secondary N) is 1. The Morgan fingerprint density at radius 1 is 1.06 bits per heavy atom. The van der Waals surface area contributed by atoms with Crippen molar-refractivity contribution in [2.45, 2.75) is 25.7 Å². The summed E-state index contributed by atoms with van der Waals surface area (Å²) in [4.78, 5) is 26.1. The summed E-state index contributed by atoms with van der Waals surface area (Å²) in [5.41, 5.74) is 7.38. The highest BCUT2D eigenvalue weighted by Crippen LogP contribution is 2.27. The normalized spacial score (nSPS) is 14.8. The number of nitrogens with zero attached hydrogens (tertiary/aromatic N) is 1. The fourth-order valence-corrected chi connectivity index (χ4v) is 4.01. The Kier molecular flexibility index (Phi) is 7.89. The van der Waals surface area contributed by atoms with Crippen molar-refractivity contribution in [3.05, 3.63) is 53.6 Å². The Hall–Kier alpha value is -3.06. The molecule has 0 radical (unpaired) electrons. The van der Waals surface area contributed by atoms with Crippen LogP contribution in [0.3, 0.4) is 0 Å². The summed E-state index contributed by atoms with van der Waals surface area (Å²) in [7, 11) is 3.33. The van der Waals surface area contributed by atoms with Gasteiger partial charge in [0.15, 0.2) is 0 Å². The standard InChI is InChI=1S/C24H31N3O4/c1-30-19-13-18(14-20(15-19)31-2)8-7-17-9-11-27(12-10-17)16-23(28)26-22-6-4-3-5-21(22)24(25)29/h3-6,13-15,17H,7-12,16H2,1-2H3,(H2,25,29)(H,26,28). The Bertz CT molecular complexity index is 885. The van der Waals surface area contributed by atoms with Crippen LogP contribution in [0, 0.1) is 5.92 Å². The fourth-order valence-electron chi connectivity index (χ4n) is 4.01. The Morgan fingerprint density at radius 3 is 2.32 bits per heavy atom. The van der Waals surface area contributed by atoms with Gasteiger partial charge in [-0.1, -0.05) is 12.1 Å². The van der Waals surface area contributed by atoms with Gasteiger partial charge < -0.3 is 20.5 Å². The lowest BCUT2D eigenvalue weighted by molar-refractivity contribution is -0.117. The highest BCUT2D eigenvalue weighted by atomic mass is 16.5. The molecule has 7 nitrogen and oxygen atoms in total. The fraction of sp³-hybridized carbons (Fsp3) is 0.417. The number of anilines is 1. The number of primary amides is 1. The number of ether oxygens (including phenoxy) is 2. The molecular formula is C24H31N3O4. The van der Waals surface area contributed by atoms with E-state index < -0.39 is 5.91 Å². The molecule has 0 bridgehead atoms. The predicted octanol–water partition coefficient (Wildman–Crippen LogP) is 3.09. The first-order valence-electron chi connectivity index (χ1n) is 10.6. The van der Waals surface area contributed by atoms with Crippen molar-refractivity contribution in [3.8, 4) is 11.5 Å². The zero-order chi connectivity index (χ0) is 22.2. The van der Waals surface area contributed by atoms with E-state index in [2.05, 4.69) is 22.3 Å². The molecule has 0 aromatic heterocycles. The first kappa shape index (κ1) is 22.6. The molecule has 3 N–H and O–H groups in total. The van der Waals surface area contributed by atoms with Gasteiger partial charge >= 0.3 is 0 Å². The number of carbonyl (C=O) groups is 2. The molecule has 0 saturated carbocycles. The third-order valence-corrected chi connectivity index (χ3v) is 5.79. The quantitative estimate of drug-likeness (QED) is 0.644. The maximum atomic E-state index is 12.4. The van der Waals surface area contributed by atoms with Crippen molar-refractivity contribution < 1.29 is 19.1 Å². The van der Waals surface area contributed by atoms with Crippen LogP contribution in [0.25, 0.3) is 0 Å². The zero-order valence-electron chi connectivity index (χ0n) is 18.2. The van der Waals surface area contributed by atoms with E-state index in [9.17, 15) is 9.59 Å². The first-order valence-corrected chi connectivity index (χ1v) is 10.6. The number of piperidine rings is 1. The molecule has 2 aromatic rings. The van der Waals surface area contributed by atoms with Crippen LogP contribution in [0.2, 0.25) is 0 Å². The number of para-hydroxylation sites is 1. The topological polar surface area (TPSA) is 93.9 Å². The second kappa shape index (κ2) is 10.8. The van der Waals surface area contributed by atoms with Gasteiger partial charge in [0.1, 0.15) is 11.5 Å². The van der Waals surface area contributed by atoms with Crippen LogP contribution in [-0.2, 0) is 11.2 Å². The van der Waals surface area contributed by atoms with Crippen molar-refractivity contribution in [2.24, 2.45) is 11.7 Å². The molecule has 0 unspecified atom stereocenters. The number of amides is 2. The third kappa shape index (κ3) is 6.46. The minimum Gasteiger partial charge on any atom is -0.497 e.